The van der Waals surface area contributed by atoms with Crippen molar-refractivity contribution in [3.05, 3.63) is 164 Å². The molecule has 9 aromatic rings. The van der Waals surface area contributed by atoms with Crippen molar-refractivity contribution in [1.29, 1.82) is 0 Å². The van der Waals surface area contributed by atoms with E-state index in [0.29, 0.717) is 5.82 Å². The van der Waals surface area contributed by atoms with Gasteiger partial charge in [0.25, 0.3) is 0 Å². The maximum absolute atomic E-state index is 6.80. The number of oxazole rings is 1. The van der Waals surface area contributed by atoms with Crippen LogP contribution in [0.5, 0.6) is 0 Å². The minimum atomic E-state index is 0.706. The predicted molar refractivity (Wildman–Crippen MR) is 187 cm³/mol. The molecule has 4 heteroatoms. The first-order valence-corrected chi connectivity index (χ1v) is 15.4. The summed E-state index contributed by atoms with van der Waals surface area (Å²) in [7, 11) is 0. The van der Waals surface area contributed by atoms with Gasteiger partial charge in [-0.25, -0.2) is 9.97 Å². The van der Waals surface area contributed by atoms with Crippen LogP contribution in [-0.4, -0.2) is 14.4 Å². The van der Waals surface area contributed by atoms with E-state index in [0.717, 1.165) is 78.0 Å². The molecule has 3 aromatic heterocycles. The summed E-state index contributed by atoms with van der Waals surface area (Å²) in [4.78, 5) is 9.97. The maximum Gasteiger partial charge on any atom is 0.213 e. The lowest BCUT2D eigenvalue weighted by molar-refractivity contribution is 0.659. The molecule has 9 rings (SSSR count). The third-order valence-electron chi connectivity index (χ3n) is 8.65. The molecule has 0 saturated carbocycles. The standard InChI is InChI=1S/C42H27N3O/c1-4-13-28(14-5-1)33-20-12-22-38-40(33)46-42-39(34-19-10-11-21-37(34)45(38)42)31-25-23-30(24-26-31)36-27-35(29-15-6-2-7-16-29)43-41(44-36)32-17-8-3-9-18-32/h1-27H. The van der Waals surface area contributed by atoms with Crippen LogP contribution in [0.15, 0.2) is 168 Å². The van der Waals surface area contributed by atoms with E-state index in [4.69, 9.17) is 14.4 Å². The van der Waals surface area contributed by atoms with E-state index in [9.17, 15) is 0 Å². The van der Waals surface area contributed by atoms with Crippen LogP contribution in [0.4, 0.5) is 0 Å². The molecule has 216 valence electrons. The summed E-state index contributed by atoms with van der Waals surface area (Å²) in [5, 5.41) is 1.15. The number of hydrogen-bond acceptors (Lipinski definition) is 3. The zero-order valence-corrected chi connectivity index (χ0v) is 24.8. The summed E-state index contributed by atoms with van der Waals surface area (Å²) >= 11 is 0. The Morgan fingerprint density at radius 1 is 0.435 bits per heavy atom. The molecule has 0 spiro atoms. The zero-order chi connectivity index (χ0) is 30.5. The first kappa shape index (κ1) is 26.2. The smallest absolute Gasteiger partial charge is 0.213 e. The molecule has 0 N–H and O–H groups in total. The molecule has 0 aliphatic rings. The van der Waals surface area contributed by atoms with E-state index in [1.807, 2.05) is 42.5 Å². The molecular formula is C42H27N3O. The summed E-state index contributed by atoms with van der Waals surface area (Å²) in [6.07, 6.45) is 0. The third kappa shape index (κ3) is 4.31. The monoisotopic (exact) mass is 589 g/mol. The largest absolute Gasteiger partial charge is 0.437 e. The molecule has 0 radical (unpaired) electrons. The van der Waals surface area contributed by atoms with Crippen LogP contribution in [0.3, 0.4) is 0 Å². The normalized spacial score (nSPS) is 11.5. The predicted octanol–water partition coefficient (Wildman–Crippen LogP) is 11.0. The fraction of sp³-hybridized carbons (Fsp3) is 0. The minimum absolute atomic E-state index is 0.706. The van der Waals surface area contributed by atoms with Crippen LogP contribution in [0, 0.1) is 0 Å². The SMILES string of the molecule is c1ccc(-c2cc(-c3ccc(-c4c5ccccc5n5c4oc4c(-c6ccccc6)cccc45)cc3)nc(-c3ccccc3)n2)cc1. The van der Waals surface area contributed by atoms with Gasteiger partial charge in [0.15, 0.2) is 11.4 Å². The maximum atomic E-state index is 6.80. The fourth-order valence-electron chi connectivity index (χ4n) is 6.46. The second-order valence-corrected chi connectivity index (χ2v) is 11.4. The summed E-state index contributed by atoms with van der Waals surface area (Å²) in [5.74, 6) is 0.706. The lowest BCUT2D eigenvalue weighted by atomic mass is 10.0. The Balaban J connectivity index is 1.20. The summed E-state index contributed by atoms with van der Waals surface area (Å²) in [6.45, 7) is 0. The van der Waals surface area contributed by atoms with Crippen LogP contribution in [0.25, 0.3) is 83.9 Å². The van der Waals surface area contributed by atoms with Gasteiger partial charge in [0.2, 0.25) is 5.71 Å². The van der Waals surface area contributed by atoms with Crippen molar-refractivity contribution >= 4 is 27.7 Å². The number of nitrogens with zero attached hydrogens (tertiary/aromatic N) is 3. The van der Waals surface area contributed by atoms with E-state index in [1.54, 1.807) is 0 Å². The third-order valence-corrected chi connectivity index (χ3v) is 8.65. The molecule has 0 aliphatic carbocycles. The van der Waals surface area contributed by atoms with Gasteiger partial charge >= 0.3 is 0 Å². The molecular weight excluding hydrogens is 562 g/mol. The van der Waals surface area contributed by atoms with E-state index in [1.165, 1.54) is 0 Å². The van der Waals surface area contributed by atoms with Crippen molar-refractivity contribution < 1.29 is 4.42 Å². The van der Waals surface area contributed by atoms with Crippen molar-refractivity contribution in [1.82, 2.24) is 14.4 Å². The van der Waals surface area contributed by atoms with Crippen LogP contribution in [0.2, 0.25) is 0 Å². The Hall–Kier alpha value is -6.26. The average Bonchev–Trinajstić information content (AvgIpc) is 3.67. The van der Waals surface area contributed by atoms with Gasteiger partial charge in [0, 0.05) is 27.6 Å². The van der Waals surface area contributed by atoms with Crippen LogP contribution in [-0.2, 0) is 0 Å². The van der Waals surface area contributed by atoms with E-state index >= 15 is 0 Å². The molecule has 0 atom stereocenters. The molecule has 46 heavy (non-hydrogen) atoms. The lowest BCUT2D eigenvalue weighted by Gasteiger charge is -2.10. The molecule has 4 nitrogen and oxygen atoms in total. The number of rotatable bonds is 5. The first-order chi connectivity index (χ1) is 22.8. The summed E-state index contributed by atoms with van der Waals surface area (Å²) in [6, 6.07) is 56.5. The van der Waals surface area contributed by atoms with Crippen molar-refractivity contribution in [2.24, 2.45) is 0 Å². The highest BCUT2D eigenvalue weighted by molar-refractivity contribution is 6.08. The van der Waals surface area contributed by atoms with Gasteiger partial charge in [-0.15, -0.1) is 0 Å². The Morgan fingerprint density at radius 2 is 0.978 bits per heavy atom. The molecule has 0 unspecified atom stereocenters. The van der Waals surface area contributed by atoms with E-state index < -0.39 is 0 Å². The van der Waals surface area contributed by atoms with E-state index in [2.05, 4.69) is 126 Å². The minimum Gasteiger partial charge on any atom is -0.437 e. The Bertz CT molecular complexity index is 2440. The van der Waals surface area contributed by atoms with Crippen LogP contribution in [0.1, 0.15) is 0 Å². The summed E-state index contributed by atoms with van der Waals surface area (Å²) in [5.41, 5.74) is 13.1. The molecule has 0 aliphatic heterocycles. The second-order valence-electron chi connectivity index (χ2n) is 11.4. The zero-order valence-electron chi connectivity index (χ0n) is 24.8. The Labute approximate surface area is 265 Å². The molecule has 0 bridgehead atoms. The average molecular weight is 590 g/mol. The quantitative estimate of drug-likeness (QED) is 0.201. The van der Waals surface area contributed by atoms with Crippen molar-refractivity contribution in [3.63, 3.8) is 0 Å². The van der Waals surface area contributed by atoms with Crippen molar-refractivity contribution in [2.75, 3.05) is 0 Å². The summed E-state index contributed by atoms with van der Waals surface area (Å²) < 4.78 is 9.05. The van der Waals surface area contributed by atoms with Gasteiger partial charge in [-0.05, 0) is 29.3 Å². The van der Waals surface area contributed by atoms with Gasteiger partial charge in [-0.2, -0.15) is 0 Å². The van der Waals surface area contributed by atoms with Gasteiger partial charge in [0.1, 0.15) is 0 Å². The van der Waals surface area contributed by atoms with E-state index in [-0.39, 0.29) is 0 Å². The highest BCUT2D eigenvalue weighted by Crippen LogP contribution is 2.42. The number of benzene rings is 6. The molecule has 6 aromatic carbocycles. The fourth-order valence-corrected chi connectivity index (χ4v) is 6.46. The Morgan fingerprint density at radius 3 is 1.67 bits per heavy atom. The van der Waals surface area contributed by atoms with Crippen LogP contribution < -0.4 is 0 Å². The van der Waals surface area contributed by atoms with Gasteiger partial charge in [0.05, 0.1) is 28.0 Å². The molecule has 0 amide bonds. The lowest BCUT2D eigenvalue weighted by Crippen LogP contribution is -1.95. The Kier molecular flexibility index (Phi) is 6.10. The number of fused-ring (bicyclic) bond motifs is 5. The molecule has 3 heterocycles. The van der Waals surface area contributed by atoms with Crippen LogP contribution >= 0.6 is 0 Å². The van der Waals surface area contributed by atoms with Gasteiger partial charge in [-0.1, -0.05) is 146 Å². The van der Waals surface area contributed by atoms with Crippen molar-refractivity contribution in [2.45, 2.75) is 0 Å². The number of hydrogen-bond donors (Lipinski definition) is 0. The topological polar surface area (TPSA) is 43.3 Å². The van der Waals surface area contributed by atoms with Gasteiger partial charge in [-0.3, -0.25) is 4.40 Å². The number of para-hydroxylation sites is 2. The molecule has 0 saturated heterocycles. The highest BCUT2D eigenvalue weighted by atomic mass is 16.3. The second kappa shape index (κ2) is 10.7. The van der Waals surface area contributed by atoms with Crippen molar-refractivity contribution in [3.8, 4) is 56.2 Å². The number of aromatic nitrogens is 3. The first-order valence-electron chi connectivity index (χ1n) is 15.4. The molecule has 0 fully saturated rings. The highest BCUT2D eigenvalue weighted by Gasteiger charge is 2.21. The van der Waals surface area contributed by atoms with Gasteiger partial charge < -0.3 is 4.42 Å².